The molecule has 0 aliphatic carbocycles. The van der Waals surface area contributed by atoms with Crippen molar-refractivity contribution in [1.29, 1.82) is 0 Å². The lowest BCUT2D eigenvalue weighted by Gasteiger charge is -2.06. The fourth-order valence-corrected chi connectivity index (χ4v) is 2.56. The maximum absolute atomic E-state index is 12.2. The van der Waals surface area contributed by atoms with Crippen molar-refractivity contribution < 1.29 is 9.59 Å². The van der Waals surface area contributed by atoms with Crippen LogP contribution in [-0.4, -0.2) is 26.6 Å². The first-order valence-corrected chi connectivity index (χ1v) is 7.59. The number of nitrogens with two attached hydrogens (primary N) is 1. The molecular formula is C15H11N5O3S. The van der Waals surface area contributed by atoms with E-state index in [1.807, 2.05) is 6.07 Å². The molecular weight excluding hydrogens is 330 g/mol. The Kier molecular flexibility index (Phi) is 4.17. The predicted molar refractivity (Wildman–Crippen MR) is 88.4 cm³/mol. The molecule has 0 saturated carbocycles. The van der Waals surface area contributed by atoms with E-state index in [4.69, 9.17) is 5.73 Å². The number of carbonyl (C=O) groups is 2. The number of amides is 2. The van der Waals surface area contributed by atoms with Crippen molar-refractivity contribution in [2.75, 3.05) is 5.32 Å². The Balaban J connectivity index is 1.87. The molecule has 0 spiro atoms. The lowest BCUT2D eigenvalue weighted by atomic mass is 10.3. The number of nitrogens with zero attached hydrogens (tertiary/aromatic N) is 3. The summed E-state index contributed by atoms with van der Waals surface area (Å²) < 4.78 is 1.13. The predicted octanol–water partition coefficient (Wildman–Crippen LogP) is 1.04. The molecule has 9 heteroatoms. The first-order valence-electron chi connectivity index (χ1n) is 6.77. The lowest BCUT2D eigenvalue weighted by molar-refractivity contribution is 0.0999. The zero-order chi connectivity index (χ0) is 17.1. The first kappa shape index (κ1) is 15.6. The zero-order valence-electron chi connectivity index (χ0n) is 12.2. The van der Waals surface area contributed by atoms with Gasteiger partial charge in [-0.15, -0.1) is 0 Å². The van der Waals surface area contributed by atoms with Gasteiger partial charge in [0.2, 0.25) is 0 Å². The highest BCUT2D eigenvalue weighted by atomic mass is 32.1. The molecule has 0 atom stereocenters. The summed E-state index contributed by atoms with van der Waals surface area (Å²) in [6.07, 6.45) is 1.28. The standard InChI is InChI=1S/C15H11N5O3S/c16-13(22)11-8-17-15(24-11)18-14(23)10-6-7-12(21)20(19-10)9-4-2-1-3-5-9/h1-8H,(H2,16,22)(H,17,18,23). The highest BCUT2D eigenvalue weighted by molar-refractivity contribution is 7.17. The summed E-state index contributed by atoms with van der Waals surface area (Å²) in [5.41, 5.74) is 5.36. The number of benzene rings is 1. The van der Waals surface area contributed by atoms with Gasteiger partial charge in [0, 0.05) is 6.07 Å². The van der Waals surface area contributed by atoms with Gasteiger partial charge in [-0.2, -0.15) is 9.78 Å². The molecule has 0 radical (unpaired) electrons. The van der Waals surface area contributed by atoms with Gasteiger partial charge in [0.15, 0.2) is 5.13 Å². The Hall–Kier alpha value is -3.33. The largest absolute Gasteiger partial charge is 0.365 e. The van der Waals surface area contributed by atoms with Crippen molar-refractivity contribution >= 4 is 28.3 Å². The Morgan fingerprint density at radius 2 is 1.88 bits per heavy atom. The van der Waals surface area contributed by atoms with Gasteiger partial charge in [0.05, 0.1) is 11.9 Å². The van der Waals surface area contributed by atoms with Crippen LogP contribution in [0.3, 0.4) is 0 Å². The first-order chi connectivity index (χ1) is 11.5. The number of hydrogen-bond donors (Lipinski definition) is 2. The molecule has 3 rings (SSSR count). The second kappa shape index (κ2) is 6.42. The molecule has 3 aromatic rings. The van der Waals surface area contributed by atoms with E-state index in [-0.39, 0.29) is 21.3 Å². The molecule has 120 valence electrons. The van der Waals surface area contributed by atoms with Crippen LogP contribution in [0.25, 0.3) is 5.69 Å². The molecule has 8 nitrogen and oxygen atoms in total. The molecule has 0 aliphatic heterocycles. The van der Waals surface area contributed by atoms with Crippen molar-refractivity contribution in [3.8, 4) is 5.69 Å². The van der Waals surface area contributed by atoms with Gasteiger partial charge in [0.25, 0.3) is 17.4 Å². The average molecular weight is 341 g/mol. The minimum Gasteiger partial charge on any atom is -0.365 e. The van der Waals surface area contributed by atoms with Crippen LogP contribution >= 0.6 is 11.3 Å². The number of nitrogens with one attached hydrogen (secondary N) is 1. The van der Waals surface area contributed by atoms with Crippen molar-refractivity contribution in [1.82, 2.24) is 14.8 Å². The molecule has 0 unspecified atom stereocenters. The Bertz CT molecular complexity index is 964. The van der Waals surface area contributed by atoms with Gasteiger partial charge in [0.1, 0.15) is 10.6 Å². The molecule has 0 saturated heterocycles. The quantitative estimate of drug-likeness (QED) is 0.734. The number of carbonyl (C=O) groups excluding carboxylic acids is 2. The van der Waals surface area contributed by atoms with E-state index in [0.29, 0.717) is 5.69 Å². The van der Waals surface area contributed by atoms with Crippen LogP contribution in [0.5, 0.6) is 0 Å². The van der Waals surface area contributed by atoms with Crippen LogP contribution in [0.2, 0.25) is 0 Å². The van der Waals surface area contributed by atoms with Crippen LogP contribution in [0.1, 0.15) is 20.2 Å². The number of primary amides is 1. The number of hydrogen-bond acceptors (Lipinski definition) is 6. The summed E-state index contributed by atoms with van der Waals surface area (Å²) in [6, 6.07) is 11.3. The third-order valence-electron chi connectivity index (χ3n) is 3.00. The van der Waals surface area contributed by atoms with Crippen LogP contribution in [0.4, 0.5) is 5.13 Å². The summed E-state index contributed by atoms with van der Waals surface area (Å²) in [4.78, 5) is 39.3. The summed E-state index contributed by atoms with van der Waals surface area (Å²) in [6.45, 7) is 0. The van der Waals surface area contributed by atoms with E-state index in [1.165, 1.54) is 18.3 Å². The second-order valence-electron chi connectivity index (χ2n) is 4.65. The second-order valence-corrected chi connectivity index (χ2v) is 5.68. The monoisotopic (exact) mass is 341 g/mol. The molecule has 0 aliphatic rings. The smallest absolute Gasteiger partial charge is 0.277 e. The maximum Gasteiger partial charge on any atom is 0.277 e. The molecule has 2 heterocycles. The van der Waals surface area contributed by atoms with Gasteiger partial charge in [-0.25, -0.2) is 4.98 Å². The Morgan fingerprint density at radius 1 is 1.12 bits per heavy atom. The molecule has 0 bridgehead atoms. The van der Waals surface area contributed by atoms with Crippen LogP contribution in [0.15, 0.2) is 53.5 Å². The minimum atomic E-state index is -0.622. The van der Waals surface area contributed by atoms with Crippen LogP contribution in [-0.2, 0) is 0 Å². The van der Waals surface area contributed by atoms with E-state index in [0.717, 1.165) is 16.0 Å². The van der Waals surface area contributed by atoms with E-state index in [1.54, 1.807) is 24.3 Å². The van der Waals surface area contributed by atoms with E-state index < -0.39 is 11.8 Å². The average Bonchev–Trinajstić information content (AvgIpc) is 3.05. The summed E-state index contributed by atoms with van der Waals surface area (Å²) in [7, 11) is 0. The van der Waals surface area contributed by atoms with E-state index >= 15 is 0 Å². The lowest BCUT2D eigenvalue weighted by Crippen LogP contribution is -2.24. The molecule has 0 fully saturated rings. The minimum absolute atomic E-state index is 0.0364. The highest BCUT2D eigenvalue weighted by Crippen LogP contribution is 2.17. The summed E-state index contributed by atoms with van der Waals surface area (Å²) in [5, 5.41) is 6.79. The van der Waals surface area contributed by atoms with Crippen LogP contribution < -0.4 is 16.6 Å². The molecule has 1 aromatic carbocycles. The summed E-state index contributed by atoms with van der Waals surface area (Å²) >= 11 is 0.954. The number of rotatable bonds is 4. The molecule has 2 amide bonds. The number of anilines is 1. The van der Waals surface area contributed by atoms with Crippen molar-refractivity contribution in [3.05, 3.63) is 69.6 Å². The fraction of sp³-hybridized carbons (Fsp3) is 0. The van der Waals surface area contributed by atoms with Crippen molar-refractivity contribution in [2.24, 2.45) is 5.73 Å². The third-order valence-corrected chi connectivity index (χ3v) is 3.93. The van der Waals surface area contributed by atoms with Gasteiger partial charge in [-0.3, -0.25) is 19.7 Å². The highest BCUT2D eigenvalue weighted by Gasteiger charge is 2.14. The molecule has 3 N–H and O–H groups in total. The van der Waals surface area contributed by atoms with Gasteiger partial charge >= 0.3 is 0 Å². The zero-order valence-corrected chi connectivity index (χ0v) is 13.0. The molecule has 2 aromatic heterocycles. The normalized spacial score (nSPS) is 10.3. The van der Waals surface area contributed by atoms with E-state index in [9.17, 15) is 14.4 Å². The number of aromatic nitrogens is 3. The summed E-state index contributed by atoms with van der Waals surface area (Å²) in [5.74, 6) is -1.17. The maximum atomic E-state index is 12.2. The molecule has 24 heavy (non-hydrogen) atoms. The number of para-hydroxylation sites is 1. The van der Waals surface area contributed by atoms with Crippen molar-refractivity contribution in [2.45, 2.75) is 0 Å². The Labute approximate surface area is 139 Å². The van der Waals surface area contributed by atoms with Crippen molar-refractivity contribution in [3.63, 3.8) is 0 Å². The van der Waals surface area contributed by atoms with E-state index in [2.05, 4.69) is 15.4 Å². The van der Waals surface area contributed by atoms with Gasteiger partial charge in [-0.05, 0) is 18.2 Å². The van der Waals surface area contributed by atoms with Gasteiger partial charge in [-0.1, -0.05) is 29.5 Å². The third kappa shape index (κ3) is 3.20. The fourth-order valence-electron chi connectivity index (χ4n) is 1.89. The topological polar surface area (TPSA) is 120 Å². The van der Waals surface area contributed by atoms with Gasteiger partial charge < -0.3 is 5.73 Å². The Morgan fingerprint density at radius 3 is 2.54 bits per heavy atom. The number of thiazole rings is 1. The van der Waals surface area contributed by atoms with Crippen LogP contribution in [0, 0.1) is 0 Å². The SMILES string of the molecule is NC(=O)c1cnc(NC(=O)c2ccc(=O)n(-c3ccccc3)n2)s1.